The molecule has 1 aromatic carbocycles. The van der Waals surface area contributed by atoms with Gasteiger partial charge in [-0.15, -0.1) is 0 Å². The van der Waals surface area contributed by atoms with Crippen LogP contribution >= 0.6 is 0 Å². The number of ether oxygens (including phenoxy) is 3. The van der Waals surface area contributed by atoms with E-state index in [9.17, 15) is 4.79 Å². The van der Waals surface area contributed by atoms with Crippen LogP contribution in [0.3, 0.4) is 0 Å². The first-order valence-electron chi connectivity index (χ1n) is 9.72. The minimum absolute atomic E-state index is 0.0122. The lowest BCUT2D eigenvalue weighted by atomic mass is 9.89. The molecule has 148 valence electrons. The number of pyridine rings is 1. The zero-order valence-corrected chi connectivity index (χ0v) is 16.7. The second-order valence-corrected chi connectivity index (χ2v) is 7.55. The molecule has 0 bridgehead atoms. The Labute approximate surface area is 165 Å². The molecule has 1 fully saturated rings. The van der Waals surface area contributed by atoms with Crippen LogP contribution in [0.1, 0.15) is 40.0 Å². The van der Waals surface area contributed by atoms with Crippen molar-refractivity contribution in [1.82, 2.24) is 9.88 Å². The van der Waals surface area contributed by atoms with Crippen LogP contribution in [0, 0.1) is 19.8 Å². The molecule has 1 aromatic heterocycles. The summed E-state index contributed by atoms with van der Waals surface area (Å²) in [6.07, 6.45) is 3.77. The normalized spacial score (nSPS) is 18.9. The summed E-state index contributed by atoms with van der Waals surface area (Å²) in [7, 11) is 1.69. The van der Waals surface area contributed by atoms with Crippen LogP contribution in [0.4, 0.5) is 0 Å². The molecule has 6 nitrogen and oxygen atoms in total. The maximum atomic E-state index is 13.1. The third-order valence-electron chi connectivity index (χ3n) is 5.66. The van der Waals surface area contributed by atoms with Crippen LogP contribution in [-0.2, 0) is 6.54 Å². The van der Waals surface area contributed by atoms with E-state index >= 15 is 0 Å². The van der Waals surface area contributed by atoms with Crippen LogP contribution in [0.5, 0.6) is 17.2 Å². The lowest BCUT2D eigenvalue weighted by Gasteiger charge is -2.32. The fraction of sp³-hybridized carbons (Fsp3) is 0.455. The van der Waals surface area contributed by atoms with Crippen LogP contribution in [0.15, 0.2) is 24.4 Å². The molecule has 0 amide bonds. The van der Waals surface area contributed by atoms with Gasteiger partial charge in [-0.2, -0.15) is 0 Å². The van der Waals surface area contributed by atoms with Gasteiger partial charge < -0.3 is 14.2 Å². The maximum absolute atomic E-state index is 13.1. The molecule has 0 saturated carbocycles. The van der Waals surface area contributed by atoms with E-state index in [1.54, 1.807) is 13.2 Å². The Bertz CT molecular complexity index is 896. The number of rotatable bonds is 5. The molecule has 0 radical (unpaired) electrons. The molecule has 0 spiro atoms. The number of aryl methyl sites for hydroxylation is 1. The van der Waals surface area contributed by atoms with Gasteiger partial charge >= 0.3 is 0 Å². The molecular weight excluding hydrogens is 356 g/mol. The highest BCUT2D eigenvalue weighted by Crippen LogP contribution is 2.34. The first-order valence-corrected chi connectivity index (χ1v) is 9.72. The molecule has 1 saturated heterocycles. The molecule has 4 rings (SSSR count). The summed E-state index contributed by atoms with van der Waals surface area (Å²) < 4.78 is 16.3. The summed E-state index contributed by atoms with van der Waals surface area (Å²) in [5, 5.41) is 0. The van der Waals surface area contributed by atoms with Crippen molar-refractivity contribution in [3.05, 3.63) is 46.8 Å². The molecule has 1 unspecified atom stereocenters. The van der Waals surface area contributed by atoms with Crippen molar-refractivity contribution in [3.8, 4) is 17.2 Å². The Balaban J connectivity index is 1.47. The molecule has 0 N–H and O–H groups in total. The molecule has 6 heteroatoms. The van der Waals surface area contributed by atoms with Gasteiger partial charge in [-0.25, -0.2) is 0 Å². The van der Waals surface area contributed by atoms with E-state index in [1.165, 1.54) is 0 Å². The fourth-order valence-electron chi connectivity index (χ4n) is 4.14. The van der Waals surface area contributed by atoms with Crippen LogP contribution < -0.4 is 14.2 Å². The minimum atomic E-state index is -0.0122. The number of carbonyl (C=O) groups is 1. The molecule has 3 heterocycles. The number of carbonyl (C=O) groups excluding carboxylic acids is 1. The second kappa shape index (κ2) is 7.80. The van der Waals surface area contributed by atoms with Crippen LogP contribution in [-0.4, -0.2) is 42.7 Å². The topological polar surface area (TPSA) is 60.9 Å². The molecule has 2 aliphatic heterocycles. The van der Waals surface area contributed by atoms with Gasteiger partial charge in [0.05, 0.1) is 12.8 Å². The van der Waals surface area contributed by atoms with E-state index < -0.39 is 0 Å². The van der Waals surface area contributed by atoms with E-state index in [4.69, 9.17) is 14.2 Å². The van der Waals surface area contributed by atoms with Crippen molar-refractivity contribution >= 4 is 5.78 Å². The Morgan fingerprint density at radius 1 is 1.29 bits per heavy atom. The van der Waals surface area contributed by atoms with E-state index in [-0.39, 0.29) is 18.5 Å². The second-order valence-electron chi connectivity index (χ2n) is 7.55. The van der Waals surface area contributed by atoms with Gasteiger partial charge in [0, 0.05) is 41.9 Å². The number of piperidine rings is 1. The molecule has 2 aliphatic rings. The highest BCUT2D eigenvalue weighted by atomic mass is 16.7. The SMILES string of the molecule is COc1c(C)cnc(CN2CCCC(C(=O)c3ccc4c(c3)OCO4)C2)c1C. The van der Waals surface area contributed by atoms with E-state index in [1.807, 2.05) is 32.2 Å². The van der Waals surface area contributed by atoms with Crippen LogP contribution in [0.25, 0.3) is 0 Å². The summed E-state index contributed by atoms with van der Waals surface area (Å²) in [5.41, 5.74) is 3.83. The predicted molar refractivity (Wildman–Crippen MR) is 105 cm³/mol. The number of hydrogen-bond donors (Lipinski definition) is 0. The van der Waals surface area contributed by atoms with Crippen molar-refractivity contribution in [2.75, 3.05) is 27.0 Å². The average Bonchev–Trinajstić information content (AvgIpc) is 3.18. The van der Waals surface area contributed by atoms with Crippen molar-refractivity contribution in [1.29, 1.82) is 0 Å². The third kappa shape index (κ3) is 3.56. The lowest BCUT2D eigenvalue weighted by Crippen LogP contribution is -2.38. The van der Waals surface area contributed by atoms with E-state index in [0.717, 1.165) is 55.0 Å². The number of Topliss-reactive ketones (excluding diaryl/α,β-unsaturated/α-hetero) is 1. The number of methoxy groups -OCH3 is 1. The Hall–Kier alpha value is -2.60. The van der Waals surface area contributed by atoms with Gasteiger partial charge in [0.25, 0.3) is 0 Å². The first-order chi connectivity index (χ1) is 13.6. The summed E-state index contributed by atoms with van der Waals surface area (Å²) in [6, 6.07) is 5.47. The van der Waals surface area contributed by atoms with Gasteiger partial charge in [0.2, 0.25) is 6.79 Å². The van der Waals surface area contributed by atoms with E-state index in [0.29, 0.717) is 17.1 Å². The summed E-state index contributed by atoms with van der Waals surface area (Å²) in [5.74, 6) is 2.42. The number of likely N-dealkylation sites (tertiary alicyclic amines) is 1. The van der Waals surface area contributed by atoms with Crippen molar-refractivity contribution in [2.24, 2.45) is 5.92 Å². The molecule has 0 aliphatic carbocycles. The first kappa shape index (κ1) is 18.7. The molecule has 1 atom stereocenters. The maximum Gasteiger partial charge on any atom is 0.231 e. The molecule has 2 aromatic rings. The zero-order chi connectivity index (χ0) is 19.7. The Kier molecular flexibility index (Phi) is 5.22. The van der Waals surface area contributed by atoms with Crippen LogP contribution in [0.2, 0.25) is 0 Å². The van der Waals surface area contributed by atoms with Gasteiger partial charge in [-0.05, 0) is 51.4 Å². The van der Waals surface area contributed by atoms with E-state index in [2.05, 4.69) is 9.88 Å². The Morgan fingerprint density at radius 2 is 2.11 bits per heavy atom. The number of benzene rings is 1. The smallest absolute Gasteiger partial charge is 0.231 e. The Morgan fingerprint density at radius 3 is 2.93 bits per heavy atom. The molecule has 28 heavy (non-hydrogen) atoms. The summed E-state index contributed by atoms with van der Waals surface area (Å²) in [6.45, 7) is 6.72. The van der Waals surface area contributed by atoms with Gasteiger partial charge in [-0.3, -0.25) is 14.7 Å². The van der Waals surface area contributed by atoms with Gasteiger partial charge in [0.15, 0.2) is 17.3 Å². The predicted octanol–water partition coefficient (Wildman–Crippen LogP) is 3.53. The molecular formula is C22H26N2O4. The van der Waals surface area contributed by atoms with Gasteiger partial charge in [0.1, 0.15) is 5.75 Å². The highest BCUT2D eigenvalue weighted by Gasteiger charge is 2.28. The van der Waals surface area contributed by atoms with Crippen molar-refractivity contribution in [3.63, 3.8) is 0 Å². The van der Waals surface area contributed by atoms with Crippen molar-refractivity contribution in [2.45, 2.75) is 33.2 Å². The number of hydrogen-bond acceptors (Lipinski definition) is 6. The summed E-state index contributed by atoms with van der Waals surface area (Å²) >= 11 is 0. The number of fused-ring (bicyclic) bond motifs is 1. The van der Waals surface area contributed by atoms with Crippen molar-refractivity contribution < 1.29 is 19.0 Å². The quantitative estimate of drug-likeness (QED) is 0.738. The summed E-state index contributed by atoms with van der Waals surface area (Å²) in [4.78, 5) is 20.0. The van der Waals surface area contributed by atoms with Gasteiger partial charge in [-0.1, -0.05) is 0 Å². The minimum Gasteiger partial charge on any atom is -0.496 e. The largest absolute Gasteiger partial charge is 0.496 e. The fourth-order valence-corrected chi connectivity index (χ4v) is 4.14. The third-order valence-corrected chi connectivity index (χ3v) is 5.66. The monoisotopic (exact) mass is 382 g/mol. The zero-order valence-electron chi connectivity index (χ0n) is 16.7. The standard InChI is InChI=1S/C22H26N2O4/c1-14-10-23-18(15(2)22(14)26-3)12-24-8-4-5-17(11-24)21(25)16-6-7-19-20(9-16)28-13-27-19/h6-7,9-10,17H,4-5,8,11-13H2,1-3H3. The number of aromatic nitrogens is 1. The lowest BCUT2D eigenvalue weighted by molar-refractivity contribution is 0.0809. The highest BCUT2D eigenvalue weighted by molar-refractivity contribution is 5.98. The average molecular weight is 382 g/mol. The number of nitrogens with zero attached hydrogens (tertiary/aromatic N) is 2. The number of ketones is 1.